The molecular formula is C30H27F5N2O4. The number of rotatable bonds is 8. The molecule has 1 fully saturated rings. The Bertz CT molecular complexity index is 1590. The average molecular weight is 575 g/mol. The number of halogens is 5. The molecule has 1 aliphatic rings. The average Bonchev–Trinajstić information content (AvgIpc) is 3.55. The maximum atomic E-state index is 14.7. The number of aliphatic carboxylic acids is 1. The number of carboxylic acid groups (broad SMARTS) is 1. The van der Waals surface area contributed by atoms with Crippen molar-refractivity contribution in [2.45, 2.75) is 63.8 Å². The first-order valence-corrected chi connectivity index (χ1v) is 13.2. The number of aromatic hydroxyl groups is 1. The molecule has 1 aliphatic carbocycles. The van der Waals surface area contributed by atoms with Gasteiger partial charge in [0.1, 0.15) is 18.1 Å². The number of ether oxygens (including phenoxy) is 1. The lowest BCUT2D eigenvalue weighted by Crippen LogP contribution is -2.07. The standard InChI is InChI=1S/C30H27F5N2O4/c1-16(10-27(39)40)19-13-23(31)29(24(32)14-19)41-15-17-6-8-21-25(11-17)37(20-4-2-3-5-20)36-28(21)18-7-9-26(38)22(12-18)30(33,34)35/h6-9,11-14,16,20,38H,2-5,10,15H2,1H3,(H,39,40). The monoisotopic (exact) mass is 574 g/mol. The van der Waals surface area contributed by atoms with Crippen molar-refractivity contribution in [3.8, 4) is 22.8 Å². The maximum Gasteiger partial charge on any atom is 0.419 e. The highest BCUT2D eigenvalue weighted by molar-refractivity contribution is 5.94. The summed E-state index contributed by atoms with van der Waals surface area (Å²) in [5.74, 6) is -5.05. The number of fused-ring (bicyclic) bond motifs is 1. The van der Waals surface area contributed by atoms with Gasteiger partial charge in [-0.25, -0.2) is 8.78 Å². The highest BCUT2D eigenvalue weighted by atomic mass is 19.4. The second-order valence-electron chi connectivity index (χ2n) is 10.4. The van der Waals surface area contributed by atoms with Crippen LogP contribution in [0, 0.1) is 11.6 Å². The van der Waals surface area contributed by atoms with Gasteiger partial charge in [-0.05, 0) is 66.3 Å². The molecule has 5 rings (SSSR count). The van der Waals surface area contributed by atoms with Crippen molar-refractivity contribution in [1.82, 2.24) is 9.78 Å². The van der Waals surface area contributed by atoms with Crippen molar-refractivity contribution in [2.24, 2.45) is 0 Å². The van der Waals surface area contributed by atoms with Gasteiger partial charge in [0.25, 0.3) is 0 Å². The first-order valence-electron chi connectivity index (χ1n) is 13.2. The summed E-state index contributed by atoms with van der Waals surface area (Å²) in [6.45, 7) is 1.36. The van der Waals surface area contributed by atoms with Gasteiger partial charge in [-0.1, -0.05) is 31.9 Å². The van der Waals surface area contributed by atoms with E-state index >= 15 is 0 Å². The molecular weight excluding hydrogens is 547 g/mol. The van der Waals surface area contributed by atoms with E-state index < -0.39 is 46.8 Å². The van der Waals surface area contributed by atoms with Crippen molar-refractivity contribution in [3.63, 3.8) is 0 Å². The number of phenols is 1. The quantitative estimate of drug-likeness (QED) is 0.209. The van der Waals surface area contributed by atoms with Gasteiger partial charge < -0.3 is 14.9 Å². The zero-order valence-electron chi connectivity index (χ0n) is 22.0. The largest absolute Gasteiger partial charge is 0.507 e. The molecule has 4 aromatic rings. The Labute approximate surface area is 232 Å². The van der Waals surface area contributed by atoms with Crippen LogP contribution < -0.4 is 4.74 Å². The van der Waals surface area contributed by atoms with Crippen LogP contribution in [0.25, 0.3) is 22.2 Å². The van der Waals surface area contributed by atoms with Crippen LogP contribution in [0.5, 0.6) is 11.5 Å². The smallest absolute Gasteiger partial charge is 0.419 e. The Kier molecular flexibility index (Phi) is 7.63. The molecule has 1 saturated carbocycles. The lowest BCUT2D eigenvalue weighted by atomic mass is 9.97. The number of benzene rings is 3. The van der Waals surface area contributed by atoms with Gasteiger partial charge in [-0.3, -0.25) is 9.48 Å². The minimum absolute atomic E-state index is 0.0387. The van der Waals surface area contributed by atoms with E-state index in [-0.39, 0.29) is 30.2 Å². The number of hydrogen-bond donors (Lipinski definition) is 2. The van der Waals surface area contributed by atoms with Crippen molar-refractivity contribution in [1.29, 1.82) is 0 Å². The van der Waals surface area contributed by atoms with E-state index in [1.165, 1.54) is 6.07 Å². The van der Waals surface area contributed by atoms with Crippen LogP contribution in [-0.4, -0.2) is 26.0 Å². The van der Waals surface area contributed by atoms with Gasteiger partial charge in [0, 0.05) is 10.9 Å². The number of carboxylic acids is 1. The van der Waals surface area contributed by atoms with Crippen LogP contribution in [0.4, 0.5) is 22.0 Å². The van der Waals surface area contributed by atoms with Gasteiger partial charge in [-0.15, -0.1) is 0 Å². The van der Waals surface area contributed by atoms with Gasteiger partial charge in [0.2, 0.25) is 0 Å². The van der Waals surface area contributed by atoms with Gasteiger partial charge >= 0.3 is 12.1 Å². The molecule has 0 spiro atoms. The van der Waals surface area contributed by atoms with Crippen LogP contribution in [-0.2, 0) is 17.6 Å². The lowest BCUT2D eigenvalue weighted by molar-refractivity contribution is -0.139. The zero-order chi connectivity index (χ0) is 29.5. The Hall–Kier alpha value is -4.15. The van der Waals surface area contributed by atoms with Gasteiger partial charge in [-0.2, -0.15) is 18.3 Å². The summed E-state index contributed by atoms with van der Waals surface area (Å²) in [6.07, 6.45) is -1.35. The molecule has 1 aromatic heterocycles. The topological polar surface area (TPSA) is 84.6 Å². The summed E-state index contributed by atoms with van der Waals surface area (Å²) in [5.41, 5.74) is 0.777. The Morgan fingerprint density at radius 2 is 1.76 bits per heavy atom. The third kappa shape index (κ3) is 5.84. The fourth-order valence-corrected chi connectivity index (χ4v) is 5.36. The highest BCUT2D eigenvalue weighted by Crippen LogP contribution is 2.41. The van der Waals surface area contributed by atoms with Crippen molar-refractivity contribution < 1.29 is 41.7 Å². The molecule has 2 N–H and O–H groups in total. The number of hydrogen-bond acceptors (Lipinski definition) is 4. The van der Waals surface area contributed by atoms with Crippen LogP contribution in [0.15, 0.2) is 48.5 Å². The summed E-state index contributed by atoms with van der Waals surface area (Å²) in [6, 6.07) is 10.5. The highest BCUT2D eigenvalue weighted by Gasteiger charge is 2.34. The summed E-state index contributed by atoms with van der Waals surface area (Å²) in [5, 5.41) is 24.0. The number of nitrogens with zero attached hydrogens (tertiary/aromatic N) is 2. The van der Waals surface area contributed by atoms with E-state index in [1.807, 2.05) is 0 Å². The first-order chi connectivity index (χ1) is 19.4. The van der Waals surface area contributed by atoms with E-state index in [0.29, 0.717) is 22.2 Å². The van der Waals surface area contributed by atoms with Crippen molar-refractivity contribution in [3.05, 3.63) is 76.9 Å². The van der Waals surface area contributed by atoms with Crippen LogP contribution >= 0.6 is 0 Å². The van der Waals surface area contributed by atoms with E-state index in [9.17, 15) is 31.9 Å². The van der Waals surface area contributed by atoms with E-state index in [2.05, 4.69) is 0 Å². The molecule has 0 amide bonds. The first kappa shape index (κ1) is 28.4. The van der Waals surface area contributed by atoms with Crippen molar-refractivity contribution in [2.75, 3.05) is 0 Å². The minimum atomic E-state index is -4.74. The van der Waals surface area contributed by atoms with Gasteiger partial charge in [0.05, 0.1) is 23.5 Å². The van der Waals surface area contributed by atoms with E-state index in [1.54, 1.807) is 29.8 Å². The van der Waals surface area contributed by atoms with Crippen LogP contribution in [0.3, 0.4) is 0 Å². The lowest BCUT2D eigenvalue weighted by Gasteiger charge is -2.14. The van der Waals surface area contributed by atoms with Crippen molar-refractivity contribution >= 4 is 16.9 Å². The second-order valence-corrected chi connectivity index (χ2v) is 10.4. The predicted octanol–water partition coefficient (Wildman–Crippen LogP) is 7.98. The minimum Gasteiger partial charge on any atom is -0.507 e. The molecule has 0 aliphatic heterocycles. The molecule has 1 atom stereocenters. The Morgan fingerprint density at radius 3 is 2.39 bits per heavy atom. The number of alkyl halides is 3. The van der Waals surface area contributed by atoms with Gasteiger partial charge in [0.15, 0.2) is 17.4 Å². The molecule has 0 bridgehead atoms. The number of aromatic nitrogens is 2. The van der Waals surface area contributed by atoms with E-state index in [0.717, 1.165) is 49.9 Å². The predicted molar refractivity (Wildman–Crippen MR) is 141 cm³/mol. The summed E-state index contributed by atoms with van der Waals surface area (Å²) < 4.78 is 77.2. The summed E-state index contributed by atoms with van der Waals surface area (Å²) in [4.78, 5) is 11.0. The Morgan fingerprint density at radius 1 is 1.07 bits per heavy atom. The molecule has 0 radical (unpaired) electrons. The van der Waals surface area contributed by atoms with Crippen LogP contribution in [0.1, 0.15) is 67.7 Å². The van der Waals surface area contributed by atoms with Crippen LogP contribution in [0.2, 0.25) is 0 Å². The normalized spacial score (nSPS) is 15.0. The second kappa shape index (κ2) is 11.0. The fourth-order valence-electron chi connectivity index (χ4n) is 5.36. The molecule has 6 nitrogen and oxygen atoms in total. The Balaban J connectivity index is 1.48. The molecule has 1 heterocycles. The molecule has 3 aromatic carbocycles. The third-order valence-corrected chi connectivity index (χ3v) is 7.47. The number of carbonyl (C=O) groups is 1. The molecule has 1 unspecified atom stereocenters. The number of phenolic OH excluding ortho intramolecular Hbond substituents is 1. The summed E-state index contributed by atoms with van der Waals surface area (Å²) in [7, 11) is 0. The molecule has 11 heteroatoms. The molecule has 0 saturated heterocycles. The third-order valence-electron chi connectivity index (χ3n) is 7.47. The molecule has 216 valence electrons. The fraction of sp³-hybridized carbons (Fsp3) is 0.333. The maximum absolute atomic E-state index is 14.7. The molecule has 41 heavy (non-hydrogen) atoms. The summed E-state index contributed by atoms with van der Waals surface area (Å²) >= 11 is 0. The zero-order valence-corrected chi connectivity index (χ0v) is 22.0. The van der Waals surface area contributed by atoms with E-state index in [4.69, 9.17) is 14.9 Å². The SMILES string of the molecule is CC(CC(=O)O)c1cc(F)c(OCc2ccc3c(-c4ccc(O)c(C(F)(F)F)c4)nn(C4CCCC4)c3c2)c(F)c1.